The highest BCUT2D eigenvalue weighted by molar-refractivity contribution is 7.17. The van der Waals surface area contributed by atoms with Crippen molar-refractivity contribution in [2.75, 3.05) is 31.6 Å². The number of aryl methyl sites for hydroxylation is 1. The smallest absolute Gasteiger partial charge is 0.257 e. The lowest BCUT2D eigenvalue weighted by atomic mass is 9.95. The van der Waals surface area contributed by atoms with Gasteiger partial charge in [0.05, 0.1) is 18.8 Å². The van der Waals surface area contributed by atoms with Crippen molar-refractivity contribution < 1.29 is 14.3 Å². The molecule has 3 heterocycles. The standard InChI is InChI=1S/C19H21N3O3S/c23-17(13-5-7-20-8-6-13)21-18-16(14-3-1-2-4-15(14)26-18)19(24)22-9-11-25-12-10-22/h5-8H,1-4,9-12H2,(H,21,23). The summed E-state index contributed by atoms with van der Waals surface area (Å²) >= 11 is 1.55. The van der Waals surface area contributed by atoms with Crippen LogP contribution in [0, 0.1) is 0 Å². The van der Waals surface area contributed by atoms with Crippen LogP contribution in [0.3, 0.4) is 0 Å². The number of morpholine rings is 1. The first-order valence-corrected chi connectivity index (χ1v) is 9.78. The number of nitrogens with one attached hydrogen (secondary N) is 1. The second-order valence-electron chi connectivity index (χ2n) is 6.51. The number of rotatable bonds is 3. The molecule has 1 aliphatic carbocycles. The van der Waals surface area contributed by atoms with E-state index >= 15 is 0 Å². The van der Waals surface area contributed by atoms with E-state index in [0.717, 1.165) is 31.2 Å². The molecule has 0 radical (unpaired) electrons. The molecule has 26 heavy (non-hydrogen) atoms. The molecule has 0 unspecified atom stereocenters. The normalized spacial score (nSPS) is 16.8. The lowest BCUT2D eigenvalue weighted by Crippen LogP contribution is -2.41. The quantitative estimate of drug-likeness (QED) is 0.901. The fraction of sp³-hybridized carbons (Fsp3) is 0.421. The summed E-state index contributed by atoms with van der Waals surface area (Å²) in [7, 11) is 0. The Balaban J connectivity index is 1.66. The van der Waals surface area contributed by atoms with Gasteiger partial charge in [0.15, 0.2) is 0 Å². The number of fused-ring (bicyclic) bond motifs is 1. The van der Waals surface area contributed by atoms with E-state index < -0.39 is 0 Å². The van der Waals surface area contributed by atoms with E-state index in [1.807, 2.05) is 4.90 Å². The molecular formula is C19H21N3O3S. The number of pyridine rings is 1. The Kier molecular flexibility index (Phi) is 4.99. The fourth-order valence-corrected chi connectivity index (χ4v) is 4.76. The van der Waals surface area contributed by atoms with Crippen molar-refractivity contribution >= 4 is 28.2 Å². The largest absolute Gasteiger partial charge is 0.378 e. The van der Waals surface area contributed by atoms with Crippen LogP contribution >= 0.6 is 11.3 Å². The number of thiophene rings is 1. The van der Waals surface area contributed by atoms with E-state index in [2.05, 4.69) is 10.3 Å². The highest BCUT2D eigenvalue weighted by Crippen LogP contribution is 2.39. The maximum Gasteiger partial charge on any atom is 0.257 e. The highest BCUT2D eigenvalue weighted by atomic mass is 32.1. The first kappa shape index (κ1) is 17.2. The van der Waals surface area contributed by atoms with Crippen molar-refractivity contribution in [3.05, 3.63) is 46.1 Å². The molecule has 136 valence electrons. The number of hydrogen-bond donors (Lipinski definition) is 1. The summed E-state index contributed by atoms with van der Waals surface area (Å²) in [5, 5.41) is 3.65. The molecule has 1 aliphatic heterocycles. The average molecular weight is 371 g/mol. The van der Waals surface area contributed by atoms with Gasteiger partial charge in [0.2, 0.25) is 0 Å². The zero-order chi connectivity index (χ0) is 17.9. The Morgan fingerprint density at radius 2 is 1.85 bits per heavy atom. The van der Waals surface area contributed by atoms with Gasteiger partial charge in [-0.3, -0.25) is 14.6 Å². The third-order valence-electron chi connectivity index (χ3n) is 4.85. The van der Waals surface area contributed by atoms with Gasteiger partial charge in [-0.15, -0.1) is 11.3 Å². The molecule has 0 atom stereocenters. The first-order chi connectivity index (χ1) is 12.7. The second kappa shape index (κ2) is 7.55. The minimum absolute atomic E-state index is 0.0118. The van der Waals surface area contributed by atoms with Crippen LogP contribution < -0.4 is 5.32 Å². The van der Waals surface area contributed by atoms with Crippen LogP contribution in [-0.4, -0.2) is 48.0 Å². The summed E-state index contributed by atoms with van der Waals surface area (Å²) in [6.45, 7) is 2.33. The van der Waals surface area contributed by atoms with E-state index in [0.29, 0.717) is 42.4 Å². The van der Waals surface area contributed by atoms with Gasteiger partial charge in [-0.25, -0.2) is 0 Å². The van der Waals surface area contributed by atoms with Crippen LogP contribution in [0.5, 0.6) is 0 Å². The number of amides is 2. The number of hydrogen-bond acceptors (Lipinski definition) is 5. The molecule has 1 fully saturated rings. The van der Waals surface area contributed by atoms with Gasteiger partial charge >= 0.3 is 0 Å². The summed E-state index contributed by atoms with van der Waals surface area (Å²) in [5.41, 5.74) is 2.35. The molecule has 2 aliphatic rings. The van der Waals surface area contributed by atoms with Crippen molar-refractivity contribution in [1.82, 2.24) is 9.88 Å². The Labute approximate surface area is 156 Å². The summed E-state index contributed by atoms with van der Waals surface area (Å²) in [4.78, 5) is 32.8. The molecule has 7 heteroatoms. The monoisotopic (exact) mass is 371 g/mol. The zero-order valence-corrected chi connectivity index (χ0v) is 15.3. The van der Waals surface area contributed by atoms with Gasteiger partial charge in [-0.1, -0.05) is 0 Å². The minimum atomic E-state index is -0.206. The van der Waals surface area contributed by atoms with E-state index in [-0.39, 0.29) is 11.8 Å². The van der Waals surface area contributed by atoms with Crippen molar-refractivity contribution in [2.45, 2.75) is 25.7 Å². The molecule has 0 spiro atoms. The lowest BCUT2D eigenvalue weighted by molar-refractivity contribution is 0.0303. The van der Waals surface area contributed by atoms with Crippen molar-refractivity contribution in [3.8, 4) is 0 Å². The molecule has 2 aromatic heterocycles. The second-order valence-corrected chi connectivity index (χ2v) is 7.61. The van der Waals surface area contributed by atoms with Crippen LogP contribution in [-0.2, 0) is 17.6 Å². The van der Waals surface area contributed by atoms with Gasteiger partial charge in [-0.2, -0.15) is 0 Å². The zero-order valence-electron chi connectivity index (χ0n) is 14.5. The van der Waals surface area contributed by atoms with Gasteiger partial charge in [0.1, 0.15) is 5.00 Å². The van der Waals surface area contributed by atoms with E-state index in [9.17, 15) is 9.59 Å². The molecular weight excluding hydrogens is 350 g/mol. The molecule has 2 amide bonds. The highest BCUT2D eigenvalue weighted by Gasteiger charge is 2.30. The molecule has 0 bridgehead atoms. The number of ether oxygens (including phenoxy) is 1. The predicted octanol–water partition coefficient (Wildman–Crippen LogP) is 2.75. The Morgan fingerprint density at radius 3 is 2.62 bits per heavy atom. The van der Waals surface area contributed by atoms with E-state index in [1.165, 1.54) is 4.88 Å². The number of carbonyl (C=O) groups is 2. The van der Waals surface area contributed by atoms with Crippen LogP contribution in [0.25, 0.3) is 0 Å². The van der Waals surface area contributed by atoms with Crippen LogP contribution in [0.15, 0.2) is 24.5 Å². The van der Waals surface area contributed by atoms with Crippen molar-refractivity contribution in [2.24, 2.45) is 0 Å². The van der Waals surface area contributed by atoms with Gasteiger partial charge in [0.25, 0.3) is 11.8 Å². The average Bonchev–Trinajstić information content (AvgIpc) is 3.06. The van der Waals surface area contributed by atoms with Gasteiger partial charge in [-0.05, 0) is 43.4 Å². The molecule has 1 N–H and O–H groups in total. The summed E-state index contributed by atoms with van der Waals surface area (Å²) in [6, 6.07) is 3.35. The lowest BCUT2D eigenvalue weighted by Gasteiger charge is -2.27. The molecule has 1 saturated heterocycles. The van der Waals surface area contributed by atoms with Gasteiger partial charge < -0.3 is 15.0 Å². The Hall–Kier alpha value is -2.25. The molecule has 4 rings (SSSR count). The number of anilines is 1. The summed E-state index contributed by atoms with van der Waals surface area (Å²) in [5.74, 6) is -0.195. The SMILES string of the molecule is O=C(Nc1sc2c(c1C(=O)N1CCOCC1)CCCC2)c1ccncc1. The maximum atomic E-state index is 13.2. The summed E-state index contributed by atoms with van der Waals surface area (Å²) in [6.07, 6.45) is 7.29. The number of carbonyl (C=O) groups excluding carboxylic acids is 2. The molecule has 0 saturated carbocycles. The molecule has 6 nitrogen and oxygen atoms in total. The first-order valence-electron chi connectivity index (χ1n) is 8.97. The fourth-order valence-electron chi connectivity index (χ4n) is 3.48. The predicted molar refractivity (Wildman–Crippen MR) is 99.9 cm³/mol. The summed E-state index contributed by atoms with van der Waals surface area (Å²) < 4.78 is 5.37. The van der Waals surface area contributed by atoms with E-state index in [1.54, 1.807) is 35.9 Å². The molecule has 2 aromatic rings. The van der Waals surface area contributed by atoms with Gasteiger partial charge in [0, 0.05) is 35.9 Å². The van der Waals surface area contributed by atoms with Crippen molar-refractivity contribution in [3.63, 3.8) is 0 Å². The van der Waals surface area contributed by atoms with Crippen LogP contribution in [0.1, 0.15) is 44.0 Å². The molecule has 0 aromatic carbocycles. The third-order valence-corrected chi connectivity index (χ3v) is 6.06. The van der Waals surface area contributed by atoms with Crippen LogP contribution in [0.2, 0.25) is 0 Å². The van der Waals surface area contributed by atoms with Crippen LogP contribution in [0.4, 0.5) is 5.00 Å². The third kappa shape index (κ3) is 3.37. The number of nitrogens with zero attached hydrogens (tertiary/aromatic N) is 2. The maximum absolute atomic E-state index is 13.2. The minimum Gasteiger partial charge on any atom is -0.378 e. The van der Waals surface area contributed by atoms with Crippen molar-refractivity contribution in [1.29, 1.82) is 0 Å². The topological polar surface area (TPSA) is 71.5 Å². The Morgan fingerprint density at radius 1 is 1.12 bits per heavy atom. The Bertz CT molecular complexity index is 813. The number of aromatic nitrogens is 1. The van der Waals surface area contributed by atoms with E-state index in [4.69, 9.17) is 4.74 Å².